The lowest BCUT2D eigenvalue weighted by Gasteiger charge is -2.27. The highest BCUT2D eigenvalue weighted by molar-refractivity contribution is 6.24. The molecule has 0 saturated carbocycles. The zero-order valence-corrected chi connectivity index (χ0v) is 33.5. The van der Waals surface area contributed by atoms with Crippen LogP contribution < -0.4 is 0 Å². The van der Waals surface area contributed by atoms with Gasteiger partial charge in [-0.1, -0.05) is 146 Å². The van der Waals surface area contributed by atoms with Crippen molar-refractivity contribution in [2.24, 2.45) is 0 Å². The molecule has 0 fully saturated rings. The van der Waals surface area contributed by atoms with E-state index in [1.807, 2.05) is 48.5 Å². The van der Waals surface area contributed by atoms with Crippen molar-refractivity contribution in [3.8, 4) is 22.7 Å². The highest BCUT2D eigenvalue weighted by Gasteiger charge is 2.43. The topological polar surface area (TPSA) is 63.1 Å². The second-order valence-electron chi connectivity index (χ2n) is 16.3. The minimum Gasteiger partial charge on any atom is -0.386 e. The average Bonchev–Trinajstić information content (AvgIpc) is 4.11. The molecule has 0 spiro atoms. The molecule has 0 unspecified atom stereocenters. The summed E-state index contributed by atoms with van der Waals surface area (Å²) in [5.41, 5.74) is 10.4. The predicted molar refractivity (Wildman–Crippen MR) is 254 cm³/mol. The molecule has 4 aromatic heterocycles. The standard InChI is InChI=1S/C56H32N4O3/c61-55-49-50(56(62)63-55)52(58-43-27-11-3-19-35(43)36-20-4-12-28-44(36)58)54(60-47-31-15-7-23-39(47)40-24-8-16-32-48(40)60)53(59-45-29-13-5-21-37(45)38-22-6-14-30-46(38)59)51(49)57-41-25-9-1-17-33(41)34-18-2-10-26-42(34)57/h1-32H. The van der Waals surface area contributed by atoms with Crippen molar-refractivity contribution in [2.75, 3.05) is 0 Å². The Hall–Kier alpha value is -8.68. The third kappa shape index (κ3) is 4.37. The third-order valence-corrected chi connectivity index (χ3v) is 13.2. The number of fused-ring (bicyclic) bond motifs is 13. The van der Waals surface area contributed by atoms with Crippen LogP contribution in [0.3, 0.4) is 0 Å². The van der Waals surface area contributed by atoms with Crippen LogP contribution in [0.15, 0.2) is 194 Å². The summed E-state index contributed by atoms with van der Waals surface area (Å²) in [7, 11) is 0. The largest absolute Gasteiger partial charge is 0.386 e. The molecule has 294 valence electrons. The number of hydrogen-bond donors (Lipinski definition) is 0. The van der Waals surface area contributed by atoms with Gasteiger partial charge >= 0.3 is 11.9 Å². The van der Waals surface area contributed by atoms with Crippen LogP contribution in [-0.2, 0) is 4.74 Å². The average molecular weight is 809 g/mol. The predicted octanol–water partition coefficient (Wildman–Crippen LogP) is 13.4. The number of ether oxygens (including phenoxy) is 1. The molecule has 7 nitrogen and oxygen atoms in total. The summed E-state index contributed by atoms with van der Waals surface area (Å²) >= 11 is 0. The van der Waals surface area contributed by atoms with Crippen LogP contribution in [0.1, 0.15) is 20.7 Å². The zero-order valence-electron chi connectivity index (χ0n) is 33.5. The Labute approximate surface area is 358 Å². The van der Waals surface area contributed by atoms with Crippen LogP contribution in [0, 0.1) is 0 Å². The monoisotopic (exact) mass is 808 g/mol. The third-order valence-electron chi connectivity index (χ3n) is 13.2. The molecule has 5 heterocycles. The van der Waals surface area contributed by atoms with Crippen LogP contribution in [0.25, 0.3) is 110 Å². The van der Waals surface area contributed by atoms with E-state index in [-0.39, 0.29) is 11.1 Å². The Morgan fingerprint density at radius 3 is 0.619 bits per heavy atom. The number of hydrogen-bond acceptors (Lipinski definition) is 3. The first-order chi connectivity index (χ1) is 31.2. The first-order valence-electron chi connectivity index (χ1n) is 21.1. The number of rotatable bonds is 4. The van der Waals surface area contributed by atoms with Crippen LogP contribution in [0.5, 0.6) is 0 Å². The molecule has 1 aliphatic heterocycles. The molecule has 0 atom stereocenters. The van der Waals surface area contributed by atoms with Crippen LogP contribution in [0.4, 0.5) is 0 Å². The van der Waals surface area contributed by atoms with E-state index >= 15 is 9.59 Å². The zero-order chi connectivity index (χ0) is 41.5. The van der Waals surface area contributed by atoms with E-state index in [1.165, 1.54) is 0 Å². The minimum atomic E-state index is -0.690. The molecule has 0 saturated heterocycles. The van der Waals surface area contributed by atoms with Crippen LogP contribution in [0.2, 0.25) is 0 Å². The lowest BCUT2D eigenvalue weighted by Crippen LogP contribution is -2.18. The van der Waals surface area contributed by atoms with Gasteiger partial charge < -0.3 is 23.0 Å². The fraction of sp³-hybridized carbons (Fsp3) is 0. The lowest BCUT2D eigenvalue weighted by molar-refractivity contribution is 0.0444. The molecule has 1 aliphatic rings. The summed E-state index contributed by atoms with van der Waals surface area (Å²) in [5, 5.41) is 8.35. The van der Waals surface area contributed by atoms with Crippen molar-refractivity contribution in [3.05, 3.63) is 205 Å². The Morgan fingerprint density at radius 2 is 0.413 bits per heavy atom. The molecule has 0 radical (unpaired) electrons. The Balaban J connectivity index is 1.37. The van der Waals surface area contributed by atoms with Gasteiger partial charge in [0, 0.05) is 43.1 Å². The Bertz CT molecular complexity index is 3700. The van der Waals surface area contributed by atoms with Crippen molar-refractivity contribution >= 4 is 99.2 Å². The maximum absolute atomic E-state index is 15.1. The number of para-hydroxylation sites is 8. The Morgan fingerprint density at radius 1 is 0.238 bits per heavy atom. The fourth-order valence-corrected chi connectivity index (χ4v) is 10.8. The minimum absolute atomic E-state index is 0.213. The van der Waals surface area contributed by atoms with E-state index < -0.39 is 11.9 Å². The molecular formula is C56H32N4O3. The second kappa shape index (κ2) is 12.4. The molecule has 14 rings (SSSR count). The summed E-state index contributed by atoms with van der Waals surface area (Å²) in [6.45, 7) is 0. The summed E-state index contributed by atoms with van der Waals surface area (Å²) in [6.07, 6.45) is 0. The van der Waals surface area contributed by atoms with E-state index in [1.54, 1.807) is 0 Å². The summed E-state index contributed by atoms with van der Waals surface area (Å²) in [5.74, 6) is -1.38. The van der Waals surface area contributed by atoms with Crippen molar-refractivity contribution in [3.63, 3.8) is 0 Å². The number of carbonyl (C=O) groups is 2. The molecular weight excluding hydrogens is 777 g/mol. The number of carbonyl (C=O) groups excluding carboxylic acids is 2. The maximum Gasteiger partial charge on any atom is 0.349 e. The highest BCUT2D eigenvalue weighted by atomic mass is 16.6. The highest BCUT2D eigenvalue weighted by Crippen LogP contribution is 2.50. The van der Waals surface area contributed by atoms with Gasteiger partial charge in [0.15, 0.2) is 0 Å². The van der Waals surface area contributed by atoms with E-state index in [9.17, 15) is 0 Å². The van der Waals surface area contributed by atoms with E-state index in [0.717, 1.165) is 98.6 Å². The van der Waals surface area contributed by atoms with Gasteiger partial charge in [-0.15, -0.1) is 0 Å². The molecule has 63 heavy (non-hydrogen) atoms. The van der Waals surface area contributed by atoms with Gasteiger partial charge in [-0.3, -0.25) is 0 Å². The number of aromatic nitrogens is 4. The molecule has 7 heteroatoms. The second-order valence-corrected chi connectivity index (χ2v) is 16.3. The summed E-state index contributed by atoms with van der Waals surface area (Å²) in [4.78, 5) is 30.2. The first kappa shape index (κ1) is 34.1. The number of benzene rings is 9. The molecule has 0 aliphatic carbocycles. The van der Waals surface area contributed by atoms with E-state index in [4.69, 9.17) is 4.74 Å². The smallest absolute Gasteiger partial charge is 0.349 e. The van der Waals surface area contributed by atoms with Crippen LogP contribution in [-0.4, -0.2) is 30.2 Å². The van der Waals surface area contributed by atoms with Crippen molar-refractivity contribution in [2.45, 2.75) is 0 Å². The summed E-state index contributed by atoms with van der Waals surface area (Å²) in [6, 6.07) is 67.0. The lowest BCUT2D eigenvalue weighted by atomic mass is 9.98. The molecule has 9 aromatic carbocycles. The first-order valence-corrected chi connectivity index (χ1v) is 21.1. The van der Waals surface area contributed by atoms with Crippen molar-refractivity contribution < 1.29 is 14.3 Å². The normalized spacial score (nSPS) is 13.0. The number of cyclic esters (lactones) is 2. The molecule has 13 aromatic rings. The quantitative estimate of drug-likeness (QED) is 0.131. The van der Waals surface area contributed by atoms with E-state index in [2.05, 4.69) is 164 Å². The summed E-state index contributed by atoms with van der Waals surface area (Å²) < 4.78 is 14.9. The fourth-order valence-electron chi connectivity index (χ4n) is 10.8. The molecule has 0 bridgehead atoms. The van der Waals surface area contributed by atoms with Gasteiger partial charge in [0.2, 0.25) is 0 Å². The van der Waals surface area contributed by atoms with Gasteiger partial charge in [0.25, 0.3) is 0 Å². The van der Waals surface area contributed by atoms with Gasteiger partial charge in [-0.25, -0.2) is 9.59 Å². The van der Waals surface area contributed by atoms with Gasteiger partial charge in [-0.2, -0.15) is 0 Å². The molecule has 0 N–H and O–H groups in total. The van der Waals surface area contributed by atoms with Crippen molar-refractivity contribution in [1.29, 1.82) is 0 Å². The Kier molecular flexibility index (Phi) is 6.73. The molecule has 0 amide bonds. The maximum atomic E-state index is 15.1. The van der Waals surface area contributed by atoms with Gasteiger partial charge in [-0.05, 0) is 48.5 Å². The van der Waals surface area contributed by atoms with Crippen molar-refractivity contribution in [1.82, 2.24) is 18.3 Å². The van der Waals surface area contributed by atoms with Gasteiger partial charge in [0.05, 0.1) is 66.9 Å². The van der Waals surface area contributed by atoms with Crippen LogP contribution >= 0.6 is 0 Å². The van der Waals surface area contributed by atoms with E-state index in [0.29, 0.717) is 11.4 Å². The number of nitrogens with zero attached hydrogens (tertiary/aromatic N) is 4. The van der Waals surface area contributed by atoms with Gasteiger partial charge in [0.1, 0.15) is 11.1 Å². The number of esters is 2. The SMILES string of the molecule is O=C1OC(=O)c2c1c(-n1c3ccccc3c3ccccc31)c(-n1c3ccccc3c3ccccc31)c(-n1c3ccccc3c3ccccc31)c2-n1c2ccccc2c2ccccc21.